The minimum Gasteiger partial charge on any atom is -0.486 e. The van der Waals surface area contributed by atoms with Crippen molar-refractivity contribution < 1.29 is 27.2 Å². The van der Waals surface area contributed by atoms with Gasteiger partial charge in [0.2, 0.25) is 15.9 Å². The molecular formula is C20H25N3O6S. The normalized spacial score (nSPS) is 18.6. The van der Waals surface area contributed by atoms with Crippen LogP contribution in [0.2, 0.25) is 0 Å². The van der Waals surface area contributed by atoms with Crippen molar-refractivity contribution in [1.29, 1.82) is 0 Å². The van der Waals surface area contributed by atoms with Gasteiger partial charge in [0.15, 0.2) is 17.3 Å². The molecule has 1 fully saturated rings. The number of hydrogen-bond donors (Lipinski definition) is 1. The number of benzene rings is 1. The SMILES string of the molecule is Cc1noc(C)c1S(=O)(=O)NCCC(=O)N1CCCC1c1ccc2c(c1)OCCO2. The highest BCUT2D eigenvalue weighted by molar-refractivity contribution is 7.89. The van der Waals surface area contributed by atoms with Crippen molar-refractivity contribution >= 4 is 15.9 Å². The molecule has 4 rings (SSSR count). The number of nitrogens with one attached hydrogen (secondary N) is 1. The van der Waals surface area contributed by atoms with Gasteiger partial charge in [-0.15, -0.1) is 0 Å². The molecule has 0 aliphatic carbocycles. The molecule has 10 heteroatoms. The van der Waals surface area contributed by atoms with E-state index >= 15 is 0 Å². The summed E-state index contributed by atoms with van der Waals surface area (Å²) in [6, 6.07) is 5.73. The average molecular weight is 436 g/mol. The van der Waals surface area contributed by atoms with Crippen LogP contribution in [0.4, 0.5) is 0 Å². The van der Waals surface area contributed by atoms with E-state index in [1.54, 1.807) is 13.8 Å². The number of aromatic nitrogens is 1. The molecule has 1 aromatic carbocycles. The van der Waals surface area contributed by atoms with E-state index < -0.39 is 10.0 Å². The number of aryl methyl sites for hydroxylation is 2. The molecule has 1 aromatic heterocycles. The highest BCUT2D eigenvalue weighted by Gasteiger charge is 2.31. The van der Waals surface area contributed by atoms with E-state index in [1.165, 1.54) is 0 Å². The van der Waals surface area contributed by atoms with E-state index in [1.807, 2.05) is 23.1 Å². The van der Waals surface area contributed by atoms with Gasteiger partial charge in [-0.1, -0.05) is 11.2 Å². The largest absolute Gasteiger partial charge is 0.486 e. The molecule has 30 heavy (non-hydrogen) atoms. The predicted octanol–water partition coefficient (Wildman–Crippen LogP) is 2.09. The number of rotatable bonds is 6. The second kappa shape index (κ2) is 8.27. The summed E-state index contributed by atoms with van der Waals surface area (Å²) < 4.78 is 43.6. The average Bonchev–Trinajstić information content (AvgIpc) is 3.34. The van der Waals surface area contributed by atoms with E-state index in [0.29, 0.717) is 31.2 Å². The lowest BCUT2D eigenvalue weighted by atomic mass is 10.0. The van der Waals surface area contributed by atoms with Gasteiger partial charge in [0.1, 0.15) is 23.8 Å². The van der Waals surface area contributed by atoms with Crippen LogP contribution in [0.1, 0.15) is 42.3 Å². The van der Waals surface area contributed by atoms with Crippen LogP contribution in [0.15, 0.2) is 27.6 Å². The highest BCUT2D eigenvalue weighted by atomic mass is 32.2. The first-order chi connectivity index (χ1) is 14.4. The van der Waals surface area contributed by atoms with Crippen molar-refractivity contribution in [3.63, 3.8) is 0 Å². The molecule has 0 saturated carbocycles. The first kappa shape index (κ1) is 20.7. The predicted molar refractivity (Wildman–Crippen MR) is 107 cm³/mol. The maximum absolute atomic E-state index is 12.8. The molecular weight excluding hydrogens is 410 g/mol. The Morgan fingerprint density at radius 1 is 1.23 bits per heavy atom. The summed E-state index contributed by atoms with van der Waals surface area (Å²) in [6.07, 6.45) is 1.83. The maximum atomic E-state index is 12.8. The van der Waals surface area contributed by atoms with E-state index in [-0.39, 0.29) is 35.6 Å². The monoisotopic (exact) mass is 435 g/mol. The van der Waals surface area contributed by atoms with E-state index in [9.17, 15) is 13.2 Å². The third kappa shape index (κ3) is 4.01. The second-order valence-corrected chi connectivity index (χ2v) is 9.15. The molecule has 0 radical (unpaired) electrons. The van der Waals surface area contributed by atoms with Gasteiger partial charge < -0.3 is 18.9 Å². The Labute approximate surface area is 175 Å². The Balaban J connectivity index is 1.40. The minimum absolute atomic E-state index is 0.00951. The summed E-state index contributed by atoms with van der Waals surface area (Å²) in [5.41, 5.74) is 1.30. The van der Waals surface area contributed by atoms with Crippen molar-refractivity contribution in [2.24, 2.45) is 0 Å². The number of nitrogens with zero attached hydrogens (tertiary/aromatic N) is 2. The number of carbonyl (C=O) groups excluding carboxylic acids is 1. The maximum Gasteiger partial charge on any atom is 0.245 e. The zero-order valence-electron chi connectivity index (χ0n) is 17.0. The van der Waals surface area contributed by atoms with E-state index in [4.69, 9.17) is 14.0 Å². The fourth-order valence-corrected chi connectivity index (χ4v) is 5.40. The van der Waals surface area contributed by atoms with Crippen molar-refractivity contribution in [3.8, 4) is 11.5 Å². The van der Waals surface area contributed by atoms with Gasteiger partial charge in [-0.2, -0.15) is 0 Å². The Kier molecular flexibility index (Phi) is 5.70. The zero-order chi connectivity index (χ0) is 21.3. The number of sulfonamides is 1. The lowest BCUT2D eigenvalue weighted by molar-refractivity contribution is -0.131. The summed E-state index contributed by atoms with van der Waals surface area (Å²) in [5.74, 6) is 1.55. The lowest BCUT2D eigenvalue weighted by Crippen LogP contribution is -2.34. The quantitative estimate of drug-likeness (QED) is 0.740. The van der Waals surface area contributed by atoms with Gasteiger partial charge in [-0.3, -0.25) is 4.79 Å². The Hall–Kier alpha value is -2.59. The number of hydrogen-bond acceptors (Lipinski definition) is 7. The number of ether oxygens (including phenoxy) is 2. The van der Waals surface area contributed by atoms with Crippen LogP contribution in [0, 0.1) is 13.8 Å². The van der Waals surface area contributed by atoms with Crippen LogP contribution < -0.4 is 14.2 Å². The van der Waals surface area contributed by atoms with Gasteiger partial charge in [0.25, 0.3) is 0 Å². The van der Waals surface area contributed by atoms with E-state index in [2.05, 4.69) is 9.88 Å². The summed E-state index contributed by atoms with van der Waals surface area (Å²) >= 11 is 0. The summed E-state index contributed by atoms with van der Waals surface area (Å²) in [4.78, 5) is 14.7. The third-order valence-electron chi connectivity index (χ3n) is 5.39. The van der Waals surface area contributed by atoms with Crippen LogP contribution in [0.25, 0.3) is 0 Å². The molecule has 1 unspecified atom stereocenters. The van der Waals surface area contributed by atoms with Crippen molar-refractivity contribution in [2.75, 3.05) is 26.3 Å². The van der Waals surface area contributed by atoms with Crippen molar-refractivity contribution in [1.82, 2.24) is 14.8 Å². The fourth-order valence-electron chi connectivity index (χ4n) is 4.05. The summed E-state index contributed by atoms with van der Waals surface area (Å²) in [5, 5.41) is 3.67. The van der Waals surface area contributed by atoms with Gasteiger partial charge >= 0.3 is 0 Å². The molecule has 2 aliphatic heterocycles. The molecule has 3 heterocycles. The first-order valence-electron chi connectivity index (χ1n) is 9.98. The van der Waals surface area contributed by atoms with E-state index in [0.717, 1.165) is 24.2 Å². The number of fused-ring (bicyclic) bond motifs is 1. The summed E-state index contributed by atoms with van der Waals surface area (Å²) in [6.45, 7) is 4.81. The van der Waals surface area contributed by atoms with Crippen molar-refractivity contribution in [3.05, 3.63) is 35.2 Å². The molecule has 9 nitrogen and oxygen atoms in total. The van der Waals surface area contributed by atoms with Crippen LogP contribution in [-0.2, 0) is 14.8 Å². The van der Waals surface area contributed by atoms with Crippen LogP contribution in [-0.4, -0.2) is 50.7 Å². The van der Waals surface area contributed by atoms with Gasteiger partial charge in [0, 0.05) is 19.5 Å². The molecule has 1 saturated heterocycles. The van der Waals surface area contributed by atoms with Gasteiger partial charge in [0.05, 0.1) is 6.04 Å². The smallest absolute Gasteiger partial charge is 0.245 e. The summed E-state index contributed by atoms with van der Waals surface area (Å²) in [7, 11) is -3.78. The Morgan fingerprint density at radius 3 is 2.73 bits per heavy atom. The number of carbonyl (C=O) groups is 1. The van der Waals surface area contributed by atoms with Crippen LogP contribution in [0.5, 0.6) is 11.5 Å². The molecule has 1 N–H and O–H groups in total. The highest BCUT2D eigenvalue weighted by Crippen LogP contribution is 2.38. The standard InChI is InChI=1S/C20H25N3O6S/c1-13-20(14(2)29-22-13)30(25,26)21-8-7-19(24)23-9-3-4-16(23)15-5-6-17-18(12-15)28-11-10-27-17/h5-6,12,16,21H,3-4,7-11H2,1-2H3. The molecule has 1 atom stereocenters. The molecule has 2 aromatic rings. The first-order valence-corrected chi connectivity index (χ1v) is 11.5. The molecule has 2 aliphatic rings. The van der Waals surface area contributed by atoms with Crippen molar-refractivity contribution in [2.45, 2.75) is 44.0 Å². The second-order valence-electron chi connectivity index (χ2n) is 7.45. The number of amides is 1. The number of likely N-dealkylation sites (tertiary alicyclic amines) is 1. The molecule has 162 valence electrons. The minimum atomic E-state index is -3.78. The van der Waals surface area contributed by atoms with Gasteiger partial charge in [-0.25, -0.2) is 13.1 Å². The third-order valence-corrected chi connectivity index (χ3v) is 7.10. The zero-order valence-corrected chi connectivity index (χ0v) is 17.8. The topological polar surface area (TPSA) is 111 Å². The lowest BCUT2D eigenvalue weighted by Gasteiger charge is -2.27. The van der Waals surface area contributed by atoms with Crippen LogP contribution >= 0.6 is 0 Å². The molecule has 0 bridgehead atoms. The molecule has 1 amide bonds. The Morgan fingerprint density at radius 2 is 2.00 bits per heavy atom. The van der Waals surface area contributed by atoms with Gasteiger partial charge in [-0.05, 0) is 44.4 Å². The van der Waals surface area contributed by atoms with Crippen LogP contribution in [0.3, 0.4) is 0 Å². The Bertz CT molecular complexity index is 1030. The molecule has 0 spiro atoms. The fraction of sp³-hybridized carbons (Fsp3) is 0.500.